The molecule has 2 aromatic heterocycles. The number of benzene rings is 2. The van der Waals surface area contributed by atoms with Gasteiger partial charge in [0.15, 0.2) is 0 Å². The van der Waals surface area contributed by atoms with Gasteiger partial charge in [0.05, 0.1) is 19.0 Å². The minimum atomic E-state index is 0. The molecule has 100 valence electrons. The molecule has 3 nitrogen and oxygen atoms in total. The molecule has 0 saturated carbocycles. The van der Waals surface area contributed by atoms with E-state index >= 15 is 0 Å². The van der Waals surface area contributed by atoms with Gasteiger partial charge in [0.1, 0.15) is 0 Å². The van der Waals surface area contributed by atoms with Gasteiger partial charge in [-0.3, -0.25) is 0 Å². The zero-order chi connectivity index (χ0) is 12.8. The van der Waals surface area contributed by atoms with E-state index in [0.717, 1.165) is 16.6 Å². The molecule has 0 amide bonds. The summed E-state index contributed by atoms with van der Waals surface area (Å²) in [6, 6.07) is 17.6. The molecule has 0 aliphatic carbocycles. The van der Waals surface area contributed by atoms with Gasteiger partial charge in [-0.1, -0.05) is 23.6 Å². The molecule has 4 rings (SSSR count). The summed E-state index contributed by atoms with van der Waals surface area (Å²) in [6.45, 7) is 0. The van der Waals surface area contributed by atoms with Crippen LogP contribution in [0.3, 0.4) is 0 Å². The first-order chi connectivity index (χ1) is 9.38. The molecule has 0 fully saturated rings. The quantitative estimate of drug-likeness (QED) is 0.276. The first-order valence-electron chi connectivity index (χ1n) is 6.13. The van der Waals surface area contributed by atoms with Gasteiger partial charge in [-0.05, 0) is 11.5 Å². The average molecular weight is 351 g/mol. The van der Waals surface area contributed by atoms with Crippen molar-refractivity contribution in [3.63, 3.8) is 0 Å². The van der Waals surface area contributed by atoms with Gasteiger partial charge in [0.2, 0.25) is 5.88 Å². The summed E-state index contributed by atoms with van der Waals surface area (Å²) in [6.07, 6.45) is 1.91. The largest absolute Gasteiger partial charge is 2.00 e. The third-order valence-electron chi connectivity index (χ3n) is 3.43. The van der Waals surface area contributed by atoms with Gasteiger partial charge < -0.3 is 26.1 Å². The Morgan fingerprint density at radius 2 is 1.86 bits per heavy atom. The van der Waals surface area contributed by atoms with E-state index in [-0.39, 0.29) is 40.0 Å². The van der Waals surface area contributed by atoms with Crippen LogP contribution >= 0.6 is 0 Å². The number of imidazole rings is 1. The Kier molecular flexibility index (Phi) is 4.76. The number of pyridine rings is 1. The molecule has 0 aliphatic heterocycles. The van der Waals surface area contributed by atoms with Gasteiger partial charge in [-0.15, -0.1) is 29.7 Å². The second-order valence-corrected chi connectivity index (χ2v) is 4.45. The predicted molar refractivity (Wildman–Crippen MR) is 81.3 cm³/mol. The van der Waals surface area contributed by atoms with E-state index in [2.05, 4.69) is 39.7 Å². The molecule has 0 atom stereocenters. The van der Waals surface area contributed by atoms with E-state index in [1.165, 1.54) is 10.8 Å². The summed E-state index contributed by atoms with van der Waals surface area (Å²) in [5.41, 5.74) is 2.01. The molecule has 0 aliphatic rings. The maximum absolute atomic E-state index is 5.25. The fraction of sp³-hybridized carbons (Fsp3) is 0.0625. The van der Waals surface area contributed by atoms with E-state index in [4.69, 9.17) is 4.74 Å². The molecule has 2 aromatic carbocycles. The molecule has 0 saturated heterocycles. The van der Waals surface area contributed by atoms with Crippen LogP contribution in [0.25, 0.3) is 27.3 Å². The number of aromatic nitrogens is 2. The predicted octanol–water partition coefficient (Wildman–Crippen LogP) is 0.0727. The Bertz CT molecular complexity index is 847. The van der Waals surface area contributed by atoms with Crippen LogP contribution in [0.2, 0.25) is 0 Å². The minimum absolute atomic E-state index is 0. The van der Waals surface area contributed by atoms with E-state index < -0.39 is 0 Å². The van der Waals surface area contributed by atoms with Crippen molar-refractivity contribution in [1.29, 1.82) is 0 Å². The summed E-state index contributed by atoms with van der Waals surface area (Å²) >= 11 is 0. The molecule has 0 bridgehead atoms. The van der Waals surface area contributed by atoms with Crippen molar-refractivity contribution in [2.75, 3.05) is 7.11 Å². The summed E-state index contributed by atoms with van der Waals surface area (Å²) in [7, 11) is 1.63. The van der Waals surface area contributed by atoms with Crippen LogP contribution in [0, 0.1) is 6.07 Å². The maximum Gasteiger partial charge on any atom is 2.00 e. The average Bonchev–Trinajstić information content (AvgIpc) is 2.92. The number of para-hydroxylation sites is 1. The van der Waals surface area contributed by atoms with Crippen LogP contribution in [-0.2, 0) is 0 Å². The Balaban J connectivity index is 0.000000807. The number of halogens is 1. The molecule has 21 heavy (non-hydrogen) atoms. The summed E-state index contributed by atoms with van der Waals surface area (Å²) in [5.74, 6) is 0.620. The SMILES string of the molecule is COc1cn2c3ccccc3c3ccc[c-]c3c2n1.[Br-].[Mg+2]. The van der Waals surface area contributed by atoms with Crippen LogP contribution in [0.1, 0.15) is 0 Å². The van der Waals surface area contributed by atoms with Crippen molar-refractivity contribution >= 4 is 50.4 Å². The first-order valence-corrected chi connectivity index (χ1v) is 6.13. The van der Waals surface area contributed by atoms with Gasteiger partial charge in [-0.25, -0.2) is 4.98 Å². The van der Waals surface area contributed by atoms with Crippen molar-refractivity contribution in [3.05, 3.63) is 54.7 Å². The Hall–Kier alpha value is -1.30. The van der Waals surface area contributed by atoms with E-state index in [9.17, 15) is 0 Å². The van der Waals surface area contributed by atoms with Crippen molar-refractivity contribution in [2.45, 2.75) is 0 Å². The zero-order valence-electron chi connectivity index (χ0n) is 11.5. The Morgan fingerprint density at radius 3 is 2.67 bits per heavy atom. The van der Waals surface area contributed by atoms with Crippen LogP contribution in [-0.4, -0.2) is 39.5 Å². The fourth-order valence-corrected chi connectivity index (χ4v) is 2.57. The smallest absolute Gasteiger partial charge is 1.00 e. The van der Waals surface area contributed by atoms with Crippen molar-refractivity contribution in [2.24, 2.45) is 0 Å². The van der Waals surface area contributed by atoms with Gasteiger partial charge >= 0.3 is 23.1 Å². The number of hydrogen-bond acceptors (Lipinski definition) is 2. The van der Waals surface area contributed by atoms with Crippen LogP contribution in [0.15, 0.2) is 48.7 Å². The number of rotatable bonds is 1. The fourth-order valence-electron chi connectivity index (χ4n) is 2.57. The standard InChI is InChI=1S/C16H11N2O.BrH.Mg/c1-19-15-10-18-14-9-5-4-7-12(14)11-6-2-3-8-13(11)16(18)17-15;;/h2-7,9-10H,1H3;1H;/q-1;;+2/p-1. The number of fused-ring (bicyclic) bond motifs is 6. The summed E-state index contributed by atoms with van der Waals surface area (Å²) < 4.78 is 7.31. The first kappa shape index (κ1) is 16.1. The van der Waals surface area contributed by atoms with E-state index in [1.807, 2.05) is 24.4 Å². The molecular formula is C16H11BrMgN2O. The van der Waals surface area contributed by atoms with Gasteiger partial charge in [0.25, 0.3) is 0 Å². The summed E-state index contributed by atoms with van der Waals surface area (Å²) in [5, 5.41) is 3.38. The molecule has 0 spiro atoms. The number of ether oxygens (including phenoxy) is 1. The van der Waals surface area contributed by atoms with E-state index in [1.54, 1.807) is 7.11 Å². The third-order valence-corrected chi connectivity index (χ3v) is 3.43. The second-order valence-electron chi connectivity index (χ2n) is 4.45. The molecule has 0 N–H and O–H groups in total. The molecule has 0 unspecified atom stereocenters. The monoisotopic (exact) mass is 350 g/mol. The molecule has 0 radical (unpaired) electrons. The topological polar surface area (TPSA) is 26.5 Å². The maximum atomic E-state index is 5.25. The van der Waals surface area contributed by atoms with Gasteiger partial charge in [0, 0.05) is 5.52 Å². The van der Waals surface area contributed by atoms with Gasteiger partial charge in [-0.2, -0.15) is 0 Å². The number of nitrogens with zero attached hydrogens (tertiary/aromatic N) is 2. The molecule has 2 heterocycles. The van der Waals surface area contributed by atoms with E-state index in [0.29, 0.717) is 5.88 Å². The van der Waals surface area contributed by atoms with Crippen molar-refractivity contribution < 1.29 is 21.7 Å². The molecule has 4 aromatic rings. The van der Waals surface area contributed by atoms with Crippen molar-refractivity contribution in [3.8, 4) is 5.88 Å². The van der Waals surface area contributed by atoms with Crippen LogP contribution in [0.4, 0.5) is 0 Å². The summed E-state index contributed by atoms with van der Waals surface area (Å²) in [4.78, 5) is 4.52. The molecule has 5 heteroatoms. The Labute approximate surface area is 148 Å². The van der Waals surface area contributed by atoms with Crippen molar-refractivity contribution in [1.82, 2.24) is 9.38 Å². The number of methoxy groups -OCH3 is 1. The second kappa shape index (κ2) is 6.21. The third kappa shape index (κ3) is 2.39. The normalized spacial score (nSPS) is 10.3. The van der Waals surface area contributed by atoms with Crippen LogP contribution in [0.5, 0.6) is 5.88 Å². The molecular weight excluding hydrogens is 340 g/mol. The minimum Gasteiger partial charge on any atom is -1.00 e. The Morgan fingerprint density at radius 1 is 1.10 bits per heavy atom. The van der Waals surface area contributed by atoms with Crippen LogP contribution < -0.4 is 21.7 Å². The number of hydrogen-bond donors (Lipinski definition) is 0. The zero-order valence-corrected chi connectivity index (χ0v) is 14.5.